The molecule has 5 rings (SSSR count). The number of carbonyl (C=O) groups excluding carboxylic acids is 2. The number of amides is 2. The third kappa shape index (κ3) is 5.72. The van der Waals surface area contributed by atoms with Crippen molar-refractivity contribution in [2.45, 2.75) is 64.2 Å². The number of carbonyl (C=O) groups is 2. The Morgan fingerprint density at radius 3 is 2.66 bits per heavy atom. The summed E-state index contributed by atoms with van der Waals surface area (Å²) < 4.78 is 13.1. The first-order valence-electron chi connectivity index (χ1n) is 13.3. The van der Waals surface area contributed by atoms with Gasteiger partial charge in [-0.3, -0.25) is 9.59 Å². The molecule has 9 heteroatoms. The number of para-hydroxylation sites is 2. The van der Waals surface area contributed by atoms with Crippen molar-refractivity contribution in [1.29, 1.82) is 0 Å². The predicted octanol–water partition coefficient (Wildman–Crippen LogP) is 4.64. The van der Waals surface area contributed by atoms with E-state index in [4.69, 9.17) is 9.15 Å². The van der Waals surface area contributed by atoms with Gasteiger partial charge in [0.05, 0.1) is 24.9 Å². The smallest absolute Gasteiger partial charge is 0.247 e. The fraction of sp³-hybridized carbons (Fsp3) is 0.379. The van der Waals surface area contributed by atoms with Crippen LogP contribution in [0.5, 0.6) is 5.75 Å². The molecule has 0 aliphatic heterocycles. The van der Waals surface area contributed by atoms with Crippen LogP contribution >= 0.6 is 0 Å². The van der Waals surface area contributed by atoms with Gasteiger partial charge in [-0.15, -0.1) is 5.10 Å². The molecular weight excluding hydrogens is 482 g/mol. The van der Waals surface area contributed by atoms with Gasteiger partial charge in [-0.05, 0) is 50.1 Å². The summed E-state index contributed by atoms with van der Waals surface area (Å²) in [6.07, 6.45) is 6.77. The topological polar surface area (TPSA) is 102 Å². The summed E-state index contributed by atoms with van der Waals surface area (Å²) >= 11 is 0. The summed E-state index contributed by atoms with van der Waals surface area (Å²) in [5.41, 5.74) is 2.08. The monoisotopic (exact) mass is 515 g/mol. The Bertz CT molecular complexity index is 1360. The molecule has 2 heterocycles. The molecule has 38 heavy (non-hydrogen) atoms. The van der Waals surface area contributed by atoms with E-state index in [0.29, 0.717) is 29.2 Å². The van der Waals surface area contributed by atoms with Gasteiger partial charge in [0.2, 0.25) is 11.8 Å². The van der Waals surface area contributed by atoms with E-state index in [-0.39, 0.29) is 30.9 Å². The molecule has 1 fully saturated rings. The van der Waals surface area contributed by atoms with Crippen LogP contribution in [0.1, 0.15) is 56.4 Å². The third-order valence-electron chi connectivity index (χ3n) is 6.96. The van der Waals surface area contributed by atoms with Gasteiger partial charge in [0.15, 0.2) is 0 Å². The quantitative estimate of drug-likeness (QED) is 0.330. The van der Waals surface area contributed by atoms with Crippen molar-refractivity contribution in [3.63, 3.8) is 0 Å². The number of hydrogen-bond donors (Lipinski definition) is 1. The fourth-order valence-corrected chi connectivity index (χ4v) is 5.12. The second kappa shape index (κ2) is 11.9. The summed E-state index contributed by atoms with van der Waals surface area (Å²) in [6.45, 7) is 2.37. The van der Waals surface area contributed by atoms with Gasteiger partial charge in [-0.1, -0.05) is 54.8 Å². The Morgan fingerprint density at radius 2 is 1.87 bits per heavy atom. The highest BCUT2D eigenvalue weighted by atomic mass is 16.5. The number of aromatic nitrogens is 3. The number of furan rings is 1. The predicted molar refractivity (Wildman–Crippen MR) is 142 cm³/mol. The molecule has 0 spiro atoms. The van der Waals surface area contributed by atoms with Crippen LogP contribution in [0.15, 0.2) is 71.3 Å². The van der Waals surface area contributed by atoms with Crippen molar-refractivity contribution in [2.24, 2.45) is 0 Å². The summed E-state index contributed by atoms with van der Waals surface area (Å²) in [5.74, 6) is 0.632. The van der Waals surface area contributed by atoms with Gasteiger partial charge in [0, 0.05) is 11.6 Å². The molecule has 1 aliphatic carbocycles. The number of ether oxygens (including phenoxy) is 1. The van der Waals surface area contributed by atoms with Crippen LogP contribution in [0.25, 0.3) is 11.0 Å². The van der Waals surface area contributed by atoms with E-state index >= 15 is 0 Å². The lowest BCUT2D eigenvalue weighted by Crippen LogP contribution is -2.47. The first-order valence-corrected chi connectivity index (χ1v) is 13.3. The van der Waals surface area contributed by atoms with E-state index in [2.05, 4.69) is 15.6 Å². The number of rotatable bonds is 10. The molecule has 0 unspecified atom stereocenters. The zero-order valence-corrected chi connectivity index (χ0v) is 21.6. The van der Waals surface area contributed by atoms with E-state index < -0.39 is 6.04 Å². The highest BCUT2D eigenvalue weighted by molar-refractivity contribution is 5.90. The average molecular weight is 516 g/mol. The first kappa shape index (κ1) is 25.5. The molecule has 0 bridgehead atoms. The number of fused-ring (bicyclic) bond motifs is 1. The molecule has 1 N–H and O–H groups in total. The minimum Gasteiger partial charge on any atom is -0.494 e. The Labute approximate surface area is 221 Å². The summed E-state index contributed by atoms with van der Waals surface area (Å²) in [6, 6.07) is 17.6. The number of hydrogen-bond acceptors (Lipinski definition) is 6. The van der Waals surface area contributed by atoms with Crippen molar-refractivity contribution < 1.29 is 18.7 Å². The van der Waals surface area contributed by atoms with Gasteiger partial charge in [-0.2, -0.15) is 0 Å². The van der Waals surface area contributed by atoms with Crippen molar-refractivity contribution in [3.05, 3.63) is 78.3 Å². The van der Waals surface area contributed by atoms with Gasteiger partial charge < -0.3 is 19.4 Å². The van der Waals surface area contributed by atoms with Gasteiger partial charge >= 0.3 is 0 Å². The Kier molecular flexibility index (Phi) is 8.01. The van der Waals surface area contributed by atoms with Crippen LogP contribution in [0, 0.1) is 0 Å². The van der Waals surface area contributed by atoms with Crippen LogP contribution < -0.4 is 10.1 Å². The highest BCUT2D eigenvalue weighted by Gasteiger charge is 2.35. The molecule has 9 nitrogen and oxygen atoms in total. The van der Waals surface area contributed by atoms with Crippen molar-refractivity contribution in [1.82, 2.24) is 25.2 Å². The summed E-state index contributed by atoms with van der Waals surface area (Å²) in [5, 5.41) is 11.6. The standard InChI is InChI=1S/C29H33N5O4/c1-2-37-26-17-9-6-14-23(26)28(29(36)30-21-11-4-3-5-12-21)33(19-22-13-10-18-38-22)27(35)20-34-25-16-8-7-15-24(25)31-32-34/h6-10,13-18,21,28H,2-5,11-12,19-20H2,1H3,(H,30,36)/t28-/m0/s1. The molecule has 0 radical (unpaired) electrons. The lowest BCUT2D eigenvalue weighted by atomic mass is 9.94. The Morgan fingerprint density at radius 1 is 1.08 bits per heavy atom. The van der Waals surface area contributed by atoms with Crippen molar-refractivity contribution >= 4 is 22.8 Å². The highest BCUT2D eigenvalue weighted by Crippen LogP contribution is 2.32. The maximum absolute atomic E-state index is 14.0. The zero-order chi connectivity index (χ0) is 26.3. The second-order valence-electron chi connectivity index (χ2n) is 9.55. The SMILES string of the molecule is CCOc1ccccc1[C@@H](C(=O)NC1CCCCC1)N(Cc1ccco1)C(=O)Cn1nnc2ccccc21. The third-order valence-corrected chi connectivity index (χ3v) is 6.96. The number of nitrogens with zero attached hydrogens (tertiary/aromatic N) is 4. The molecule has 1 aliphatic rings. The van der Waals surface area contributed by atoms with Crippen LogP contribution in [-0.2, 0) is 22.7 Å². The Balaban J connectivity index is 1.53. The van der Waals surface area contributed by atoms with E-state index in [0.717, 1.165) is 31.2 Å². The summed E-state index contributed by atoms with van der Waals surface area (Å²) in [7, 11) is 0. The molecule has 2 aromatic carbocycles. The number of nitrogens with one attached hydrogen (secondary N) is 1. The van der Waals surface area contributed by atoms with Gasteiger partial charge in [-0.25, -0.2) is 4.68 Å². The number of benzene rings is 2. The lowest BCUT2D eigenvalue weighted by Gasteiger charge is -2.33. The molecule has 1 atom stereocenters. The molecule has 4 aromatic rings. The maximum atomic E-state index is 14.0. The molecule has 2 aromatic heterocycles. The molecule has 1 saturated carbocycles. The zero-order valence-electron chi connectivity index (χ0n) is 21.6. The molecule has 0 saturated heterocycles. The van der Waals surface area contributed by atoms with E-state index in [1.807, 2.05) is 55.5 Å². The fourth-order valence-electron chi connectivity index (χ4n) is 5.12. The van der Waals surface area contributed by atoms with Gasteiger partial charge in [0.1, 0.15) is 29.6 Å². The normalized spacial score (nSPS) is 14.8. The van der Waals surface area contributed by atoms with Crippen molar-refractivity contribution in [3.8, 4) is 5.75 Å². The van der Waals surface area contributed by atoms with Crippen molar-refractivity contribution in [2.75, 3.05) is 6.61 Å². The van der Waals surface area contributed by atoms with E-state index in [1.54, 1.807) is 28.0 Å². The van der Waals surface area contributed by atoms with Crippen LogP contribution in [0.3, 0.4) is 0 Å². The van der Waals surface area contributed by atoms with Crippen LogP contribution in [0.4, 0.5) is 0 Å². The average Bonchev–Trinajstić information content (AvgIpc) is 3.60. The van der Waals surface area contributed by atoms with E-state index in [9.17, 15) is 9.59 Å². The summed E-state index contributed by atoms with van der Waals surface area (Å²) in [4.78, 5) is 29.6. The lowest BCUT2D eigenvalue weighted by molar-refractivity contribution is -0.143. The first-order chi connectivity index (χ1) is 18.6. The minimum absolute atomic E-state index is 0.0781. The van der Waals surface area contributed by atoms with Gasteiger partial charge in [0.25, 0.3) is 0 Å². The Hall–Kier alpha value is -4.14. The second-order valence-corrected chi connectivity index (χ2v) is 9.55. The molecular formula is C29H33N5O4. The van der Waals surface area contributed by atoms with Crippen LogP contribution in [0.2, 0.25) is 0 Å². The van der Waals surface area contributed by atoms with Crippen LogP contribution in [-0.4, -0.2) is 44.4 Å². The molecule has 2 amide bonds. The molecule has 198 valence electrons. The maximum Gasteiger partial charge on any atom is 0.247 e. The largest absolute Gasteiger partial charge is 0.494 e. The van der Waals surface area contributed by atoms with E-state index in [1.165, 1.54) is 6.42 Å². The minimum atomic E-state index is -0.924.